The van der Waals surface area contributed by atoms with E-state index in [1.165, 1.54) is 23.1 Å². The molecule has 128 valence electrons. The van der Waals surface area contributed by atoms with Crippen molar-refractivity contribution >= 4 is 0 Å². The van der Waals surface area contributed by atoms with Crippen LogP contribution in [0.2, 0.25) is 0 Å². The Morgan fingerprint density at radius 2 is 1.67 bits per heavy atom. The van der Waals surface area contributed by atoms with Crippen molar-refractivity contribution in [2.75, 3.05) is 20.8 Å². The van der Waals surface area contributed by atoms with Gasteiger partial charge in [0.05, 0.1) is 14.2 Å². The van der Waals surface area contributed by atoms with E-state index < -0.39 is 0 Å². The Balaban J connectivity index is 1.65. The third kappa shape index (κ3) is 3.73. The maximum Gasteiger partial charge on any atom is 0.161 e. The van der Waals surface area contributed by atoms with E-state index in [1.54, 1.807) is 14.2 Å². The molecule has 3 heteroatoms. The first-order chi connectivity index (χ1) is 11.7. The smallest absolute Gasteiger partial charge is 0.161 e. The zero-order valence-electron chi connectivity index (χ0n) is 14.9. The van der Waals surface area contributed by atoms with Gasteiger partial charge in [0.25, 0.3) is 0 Å². The van der Waals surface area contributed by atoms with E-state index in [1.807, 2.05) is 0 Å². The lowest BCUT2D eigenvalue weighted by Crippen LogP contribution is -2.37. The Morgan fingerprint density at radius 1 is 1.00 bits per heavy atom. The van der Waals surface area contributed by atoms with Crippen molar-refractivity contribution in [1.82, 2.24) is 4.90 Å². The maximum absolute atomic E-state index is 5.46. The van der Waals surface area contributed by atoms with Crippen molar-refractivity contribution in [1.29, 1.82) is 0 Å². The number of hydrogen-bond acceptors (Lipinski definition) is 3. The molecule has 24 heavy (non-hydrogen) atoms. The Kier molecular flexibility index (Phi) is 5.41. The number of benzene rings is 2. The predicted molar refractivity (Wildman–Crippen MR) is 97.9 cm³/mol. The minimum absolute atomic E-state index is 0.575. The Hall–Kier alpha value is -2.00. The SMILES string of the molecule is COc1cc2c(cc1OC)CN([C@H](C)CCc1ccccc1)CC2. The molecule has 1 aliphatic heterocycles. The Labute approximate surface area is 145 Å². The van der Waals surface area contributed by atoms with Gasteiger partial charge in [0.2, 0.25) is 0 Å². The van der Waals surface area contributed by atoms with Gasteiger partial charge in [0.1, 0.15) is 0 Å². The lowest BCUT2D eigenvalue weighted by atomic mass is 9.96. The van der Waals surface area contributed by atoms with E-state index in [2.05, 4.69) is 54.3 Å². The van der Waals surface area contributed by atoms with Crippen LogP contribution in [0.15, 0.2) is 42.5 Å². The molecule has 0 amide bonds. The number of nitrogens with zero attached hydrogens (tertiary/aromatic N) is 1. The van der Waals surface area contributed by atoms with E-state index in [0.29, 0.717) is 6.04 Å². The van der Waals surface area contributed by atoms with Gasteiger partial charge < -0.3 is 9.47 Å². The van der Waals surface area contributed by atoms with Gasteiger partial charge in [-0.3, -0.25) is 4.90 Å². The molecular formula is C21H27NO2. The fraction of sp³-hybridized carbons (Fsp3) is 0.429. The number of ether oxygens (including phenoxy) is 2. The minimum Gasteiger partial charge on any atom is -0.493 e. The molecule has 1 atom stereocenters. The maximum atomic E-state index is 5.46. The van der Waals surface area contributed by atoms with E-state index in [-0.39, 0.29) is 0 Å². The third-order valence-electron chi connectivity index (χ3n) is 5.06. The number of aryl methyl sites for hydroxylation is 1. The normalized spacial score (nSPS) is 15.6. The largest absolute Gasteiger partial charge is 0.493 e. The highest BCUT2D eigenvalue weighted by atomic mass is 16.5. The fourth-order valence-electron chi connectivity index (χ4n) is 3.48. The zero-order valence-corrected chi connectivity index (χ0v) is 14.9. The molecule has 3 nitrogen and oxygen atoms in total. The van der Waals surface area contributed by atoms with Gasteiger partial charge in [0.15, 0.2) is 11.5 Å². The summed E-state index contributed by atoms with van der Waals surface area (Å²) in [6.45, 7) is 4.44. The van der Waals surface area contributed by atoms with Crippen molar-refractivity contribution in [3.05, 3.63) is 59.2 Å². The van der Waals surface area contributed by atoms with Gasteiger partial charge in [-0.25, -0.2) is 0 Å². The first kappa shape index (κ1) is 16.8. The Morgan fingerprint density at radius 3 is 2.33 bits per heavy atom. The van der Waals surface area contributed by atoms with Crippen LogP contribution in [0.1, 0.15) is 30.0 Å². The number of hydrogen-bond donors (Lipinski definition) is 0. The van der Waals surface area contributed by atoms with E-state index in [0.717, 1.165) is 37.4 Å². The second-order valence-corrected chi connectivity index (χ2v) is 6.57. The highest BCUT2D eigenvalue weighted by molar-refractivity contribution is 5.48. The quantitative estimate of drug-likeness (QED) is 0.799. The van der Waals surface area contributed by atoms with Crippen molar-refractivity contribution in [3.8, 4) is 11.5 Å². The standard InChI is InChI=1S/C21H27NO2/c1-16(9-10-17-7-5-4-6-8-17)22-12-11-18-13-20(23-2)21(24-3)14-19(18)15-22/h4-8,13-14,16H,9-12,15H2,1-3H3/t16-/m1/s1. The monoisotopic (exact) mass is 325 g/mol. The summed E-state index contributed by atoms with van der Waals surface area (Å²) < 4.78 is 10.9. The van der Waals surface area contributed by atoms with Crippen molar-refractivity contribution < 1.29 is 9.47 Å². The second kappa shape index (κ2) is 7.71. The molecule has 1 heterocycles. The van der Waals surface area contributed by atoms with Gasteiger partial charge in [0, 0.05) is 19.1 Å². The van der Waals surface area contributed by atoms with Crippen LogP contribution in [0.5, 0.6) is 11.5 Å². The van der Waals surface area contributed by atoms with Crippen LogP contribution >= 0.6 is 0 Å². The van der Waals surface area contributed by atoms with Gasteiger partial charge in [-0.15, -0.1) is 0 Å². The summed E-state index contributed by atoms with van der Waals surface area (Å²) in [5, 5.41) is 0. The van der Waals surface area contributed by atoms with E-state index in [4.69, 9.17) is 9.47 Å². The number of fused-ring (bicyclic) bond motifs is 1. The zero-order chi connectivity index (χ0) is 16.9. The molecule has 2 aromatic rings. The third-order valence-corrected chi connectivity index (χ3v) is 5.06. The van der Waals surface area contributed by atoms with Gasteiger partial charge >= 0.3 is 0 Å². The highest BCUT2D eigenvalue weighted by Gasteiger charge is 2.22. The Bertz CT molecular complexity index is 669. The summed E-state index contributed by atoms with van der Waals surface area (Å²) in [5.41, 5.74) is 4.18. The molecule has 0 radical (unpaired) electrons. The molecular weight excluding hydrogens is 298 g/mol. The molecule has 0 bridgehead atoms. The molecule has 0 fully saturated rings. The summed E-state index contributed by atoms with van der Waals surface area (Å²) in [4.78, 5) is 2.58. The van der Waals surface area contributed by atoms with E-state index in [9.17, 15) is 0 Å². The minimum atomic E-state index is 0.575. The average molecular weight is 325 g/mol. The van der Waals surface area contributed by atoms with Crippen LogP contribution in [-0.2, 0) is 19.4 Å². The van der Waals surface area contributed by atoms with Gasteiger partial charge in [-0.1, -0.05) is 30.3 Å². The molecule has 0 aromatic heterocycles. The summed E-state index contributed by atoms with van der Waals surface area (Å²) in [6.07, 6.45) is 3.40. The molecule has 0 N–H and O–H groups in total. The van der Waals surface area contributed by atoms with Crippen LogP contribution in [0, 0.1) is 0 Å². The summed E-state index contributed by atoms with van der Waals surface area (Å²) in [5.74, 6) is 1.66. The van der Waals surface area contributed by atoms with Crippen molar-refractivity contribution in [2.45, 2.75) is 38.8 Å². The van der Waals surface area contributed by atoms with Crippen molar-refractivity contribution in [2.24, 2.45) is 0 Å². The first-order valence-corrected chi connectivity index (χ1v) is 8.73. The van der Waals surface area contributed by atoms with Crippen molar-refractivity contribution in [3.63, 3.8) is 0 Å². The molecule has 0 unspecified atom stereocenters. The lowest BCUT2D eigenvalue weighted by Gasteiger charge is -2.34. The number of methoxy groups -OCH3 is 2. The lowest BCUT2D eigenvalue weighted by molar-refractivity contribution is 0.181. The van der Waals surface area contributed by atoms with Crippen LogP contribution in [0.3, 0.4) is 0 Å². The predicted octanol–water partition coefficient (Wildman–Crippen LogP) is 4.08. The molecule has 0 aliphatic carbocycles. The average Bonchev–Trinajstić information content (AvgIpc) is 2.65. The highest BCUT2D eigenvalue weighted by Crippen LogP contribution is 2.33. The molecule has 3 rings (SSSR count). The number of rotatable bonds is 6. The summed E-state index contributed by atoms with van der Waals surface area (Å²) in [6, 6.07) is 15.6. The van der Waals surface area contributed by atoms with Crippen LogP contribution in [0.4, 0.5) is 0 Å². The molecule has 0 spiro atoms. The molecule has 0 saturated heterocycles. The molecule has 0 saturated carbocycles. The van der Waals surface area contributed by atoms with Crippen LogP contribution < -0.4 is 9.47 Å². The van der Waals surface area contributed by atoms with Gasteiger partial charge in [-0.05, 0) is 55.0 Å². The topological polar surface area (TPSA) is 21.7 Å². The molecule has 2 aromatic carbocycles. The summed E-state index contributed by atoms with van der Waals surface area (Å²) >= 11 is 0. The summed E-state index contributed by atoms with van der Waals surface area (Å²) in [7, 11) is 3.40. The fourth-order valence-corrected chi connectivity index (χ4v) is 3.48. The second-order valence-electron chi connectivity index (χ2n) is 6.57. The van der Waals surface area contributed by atoms with Crippen LogP contribution in [0.25, 0.3) is 0 Å². The van der Waals surface area contributed by atoms with Gasteiger partial charge in [-0.2, -0.15) is 0 Å². The first-order valence-electron chi connectivity index (χ1n) is 8.73. The molecule has 1 aliphatic rings. The van der Waals surface area contributed by atoms with Crippen LogP contribution in [-0.4, -0.2) is 31.7 Å². The van der Waals surface area contributed by atoms with E-state index >= 15 is 0 Å².